The lowest BCUT2D eigenvalue weighted by Crippen LogP contribution is -2.18. The normalized spacial score (nSPS) is 13.0. The van der Waals surface area contributed by atoms with E-state index in [0.29, 0.717) is 5.92 Å². The summed E-state index contributed by atoms with van der Waals surface area (Å²) in [6.45, 7) is 8.22. The second-order valence-electron chi connectivity index (χ2n) is 4.83. The van der Waals surface area contributed by atoms with Gasteiger partial charge >= 0.3 is 0 Å². The Hall–Kier alpha value is -0.510. The summed E-state index contributed by atoms with van der Waals surface area (Å²) >= 11 is 1.70. The summed E-state index contributed by atoms with van der Waals surface area (Å²) in [5.41, 5.74) is 1.31. The lowest BCUT2D eigenvalue weighted by atomic mass is 10.2. The Morgan fingerprint density at radius 3 is 2.35 bits per heavy atom. The monoisotopic (exact) mass is 253 g/mol. The van der Waals surface area contributed by atoms with Gasteiger partial charge in [0, 0.05) is 17.2 Å². The second kappa shape index (κ2) is 7.75. The molecule has 0 aliphatic heterocycles. The Morgan fingerprint density at radius 2 is 1.82 bits per heavy atom. The van der Waals surface area contributed by atoms with E-state index in [1.165, 1.54) is 10.5 Å². The first-order valence-electron chi connectivity index (χ1n) is 6.18. The molecule has 2 nitrogen and oxygen atoms in total. The summed E-state index contributed by atoms with van der Waals surface area (Å²) in [5, 5.41) is 12.6. The van der Waals surface area contributed by atoms with E-state index in [4.69, 9.17) is 0 Å². The molecule has 1 aromatic rings. The second-order valence-corrected chi connectivity index (χ2v) is 5.92. The predicted molar refractivity (Wildman–Crippen MR) is 75.4 cm³/mol. The number of rotatable bonds is 7. The van der Waals surface area contributed by atoms with Crippen molar-refractivity contribution >= 4 is 11.8 Å². The van der Waals surface area contributed by atoms with E-state index in [2.05, 4.69) is 43.4 Å². The highest BCUT2D eigenvalue weighted by Gasteiger charge is 1.99. The Morgan fingerprint density at radius 1 is 1.18 bits per heavy atom. The van der Waals surface area contributed by atoms with Crippen molar-refractivity contribution < 1.29 is 5.11 Å². The van der Waals surface area contributed by atoms with Gasteiger partial charge in [-0.15, -0.1) is 11.8 Å². The first kappa shape index (κ1) is 14.6. The minimum absolute atomic E-state index is 0.243. The molecule has 0 saturated heterocycles. The predicted octanol–water partition coefficient (Wildman–Crippen LogP) is 2.91. The van der Waals surface area contributed by atoms with Gasteiger partial charge in [0.05, 0.1) is 6.10 Å². The summed E-state index contributed by atoms with van der Waals surface area (Å²) in [4.78, 5) is 1.22. The van der Waals surface area contributed by atoms with Gasteiger partial charge in [-0.05, 0) is 37.1 Å². The first-order valence-corrected chi connectivity index (χ1v) is 7.17. The molecule has 0 spiro atoms. The molecule has 0 saturated carbocycles. The topological polar surface area (TPSA) is 32.3 Å². The minimum Gasteiger partial charge on any atom is -0.393 e. The molecule has 96 valence electrons. The standard InChI is InChI=1S/C14H23NOS/c1-11(2)8-15-9-13-4-6-14(7-5-13)17-10-12(3)16/h4-7,11-12,15-16H,8-10H2,1-3H3. The van der Waals surface area contributed by atoms with Crippen LogP contribution in [0.25, 0.3) is 0 Å². The Labute approximate surface area is 109 Å². The van der Waals surface area contributed by atoms with Gasteiger partial charge in [0.2, 0.25) is 0 Å². The van der Waals surface area contributed by atoms with Crippen molar-refractivity contribution in [3.05, 3.63) is 29.8 Å². The van der Waals surface area contributed by atoms with Crippen LogP contribution < -0.4 is 5.32 Å². The molecule has 0 heterocycles. The highest BCUT2D eigenvalue weighted by Crippen LogP contribution is 2.19. The Kier molecular flexibility index (Phi) is 6.63. The molecule has 0 aliphatic carbocycles. The third-order valence-electron chi connectivity index (χ3n) is 2.30. The van der Waals surface area contributed by atoms with Gasteiger partial charge in [-0.1, -0.05) is 26.0 Å². The maximum absolute atomic E-state index is 9.21. The van der Waals surface area contributed by atoms with Crippen molar-refractivity contribution in [1.82, 2.24) is 5.32 Å². The lowest BCUT2D eigenvalue weighted by Gasteiger charge is -2.08. The van der Waals surface area contributed by atoms with E-state index < -0.39 is 0 Å². The number of hydrogen-bond donors (Lipinski definition) is 2. The molecule has 17 heavy (non-hydrogen) atoms. The molecule has 1 atom stereocenters. The van der Waals surface area contributed by atoms with E-state index >= 15 is 0 Å². The molecule has 1 unspecified atom stereocenters. The average molecular weight is 253 g/mol. The molecule has 3 heteroatoms. The lowest BCUT2D eigenvalue weighted by molar-refractivity contribution is 0.220. The molecule has 0 fully saturated rings. The van der Waals surface area contributed by atoms with Gasteiger partial charge < -0.3 is 10.4 Å². The molecule has 2 N–H and O–H groups in total. The molecule has 0 aliphatic rings. The van der Waals surface area contributed by atoms with Gasteiger partial charge in [-0.25, -0.2) is 0 Å². The first-order chi connectivity index (χ1) is 8.08. The van der Waals surface area contributed by atoms with Crippen LogP contribution in [-0.4, -0.2) is 23.5 Å². The smallest absolute Gasteiger partial charge is 0.0606 e. The summed E-state index contributed by atoms with van der Waals surface area (Å²) in [7, 11) is 0. The van der Waals surface area contributed by atoms with Crippen LogP contribution in [-0.2, 0) is 6.54 Å². The van der Waals surface area contributed by atoms with E-state index in [0.717, 1.165) is 18.8 Å². The van der Waals surface area contributed by atoms with Crippen molar-refractivity contribution in [1.29, 1.82) is 0 Å². The number of aliphatic hydroxyl groups excluding tert-OH is 1. The third-order valence-corrected chi connectivity index (χ3v) is 3.55. The zero-order valence-corrected chi connectivity index (χ0v) is 11.8. The summed E-state index contributed by atoms with van der Waals surface area (Å²) < 4.78 is 0. The van der Waals surface area contributed by atoms with Crippen LogP contribution in [0.4, 0.5) is 0 Å². The van der Waals surface area contributed by atoms with E-state index in [-0.39, 0.29) is 6.10 Å². The molecule has 0 amide bonds. The van der Waals surface area contributed by atoms with Gasteiger partial charge in [-0.3, -0.25) is 0 Å². The van der Waals surface area contributed by atoms with Crippen molar-refractivity contribution in [3.63, 3.8) is 0 Å². The number of nitrogens with one attached hydrogen (secondary N) is 1. The number of aliphatic hydroxyl groups is 1. The van der Waals surface area contributed by atoms with Crippen LogP contribution in [0.2, 0.25) is 0 Å². The van der Waals surface area contributed by atoms with Crippen molar-refractivity contribution in [3.8, 4) is 0 Å². The number of benzene rings is 1. The van der Waals surface area contributed by atoms with Crippen molar-refractivity contribution in [2.24, 2.45) is 5.92 Å². The maximum Gasteiger partial charge on any atom is 0.0606 e. The van der Waals surface area contributed by atoms with Crippen LogP contribution >= 0.6 is 11.8 Å². The Balaban J connectivity index is 2.34. The van der Waals surface area contributed by atoms with Crippen LogP contribution in [0, 0.1) is 5.92 Å². The van der Waals surface area contributed by atoms with Crippen LogP contribution in [0.15, 0.2) is 29.2 Å². The maximum atomic E-state index is 9.21. The van der Waals surface area contributed by atoms with Crippen molar-refractivity contribution in [2.45, 2.75) is 38.3 Å². The van der Waals surface area contributed by atoms with Crippen molar-refractivity contribution in [2.75, 3.05) is 12.3 Å². The molecule has 1 rings (SSSR count). The summed E-state index contributed by atoms with van der Waals surface area (Å²) in [6.07, 6.45) is -0.243. The van der Waals surface area contributed by atoms with Gasteiger partial charge in [0.25, 0.3) is 0 Å². The van der Waals surface area contributed by atoms with Crippen LogP contribution in [0.3, 0.4) is 0 Å². The zero-order valence-electron chi connectivity index (χ0n) is 10.9. The van der Waals surface area contributed by atoms with Gasteiger partial charge in [-0.2, -0.15) is 0 Å². The molecule has 0 radical (unpaired) electrons. The number of thioether (sulfide) groups is 1. The molecule has 0 aromatic heterocycles. The highest BCUT2D eigenvalue weighted by atomic mass is 32.2. The number of hydrogen-bond acceptors (Lipinski definition) is 3. The van der Waals surface area contributed by atoms with Gasteiger partial charge in [0.15, 0.2) is 0 Å². The fraction of sp³-hybridized carbons (Fsp3) is 0.571. The molecular weight excluding hydrogens is 230 g/mol. The summed E-state index contributed by atoms with van der Waals surface area (Å²) in [6, 6.07) is 8.55. The SMILES string of the molecule is CC(C)CNCc1ccc(SCC(C)O)cc1. The van der Waals surface area contributed by atoms with Gasteiger partial charge in [0.1, 0.15) is 0 Å². The quantitative estimate of drug-likeness (QED) is 0.733. The largest absolute Gasteiger partial charge is 0.393 e. The zero-order chi connectivity index (χ0) is 12.7. The van der Waals surface area contributed by atoms with E-state index in [9.17, 15) is 5.11 Å². The molecule has 1 aromatic carbocycles. The third kappa shape index (κ3) is 6.71. The minimum atomic E-state index is -0.243. The summed E-state index contributed by atoms with van der Waals surface area (Å²) in [5.74, 6) is 1.45. The highest BCUT2D eigenvalue weighted by molar-refractivity contribution is 7.99. The average Bonchev–Trinajstić information content (AvgIpc) is 2.27. The molecular formula is C14H23NOS. The fourth-order valence-electron chi connectivity index (χ4n) is 1.43. The fourth-order valence-corrected chi connectivity index (χ4v) is 2.19. The van der Waals surface area contributed by atoms with Crippen LogP contribution in [0.1, 0.15) is 26.3 Å². The van der Waals surface area contributed by atoms with E-state index in [1.54, 1.807) is 11.8 Å². The van der Waals surface area contributed by atoms with Crippen LogP contribution in [0.5, 0.6) is 0 Å². The Bertz CT molecular complexity index is 309. The molecule has 0 bridgehead atoms. The van der Waals surface area contributed by atoms with E-state index in [1.807, 2.05) is 6.92 Å².